The van der Waals surface area contributed by atoms with Gasteiger partial charge >= 0.3 is 0 Å². The Labute approximate surface area is 88.7 Å². The zero-order valence-electron chi connectivity index (χ0n) is 7.88. The van der Waals surface area contributed by atoms with E-state index in [1.807, 2.05) is 19.1 Å². The van der Waals surface area contributed by atoms with E-state index in [0.717, 1.165) is 17.0 Å². The molecule has 0 bridgehead atoms. The van der Waals surface area contributed by atoms with Crippen LogP contribution < -0.4 is 5.73 Å². The van der Waals surface area contributed by atoms with Crippen LogP contribution in [0.2, 0.25) is 5.02 Å². The molecular weight excluding hydrogens is 202 g/mol. The van der Waals surface area contributed by atoms with Gasteiger partial charge in [0.25, 0.3) is 0 Å². The van der Waals surface area contributed by atoms with Gasteiger partial charge < -0.3 is 5.73 Å². The van der Waals surface area contributed by atoms with Gasteiger partial charge in [-0.3, -0.25) is 0 Å². The monoisotopic (exact) mass is 215 g/mol. The maximum atomic E-state index is 6.03. The zero-order valence-corrected chi connectivity index (χ0v) is 9.45. The Morgan fingerprint density at radius 2 is 2.23 bits per heavy atom. The minimum atomic E-state index is 0.162. The molecule has 13 heavy (non-hydrogen) atoms. The fraction of sp³-hybridized carbons (Fsp3) is 0.400. The molecule has 0 saturated heterocycles. The minimum absolute atomic E-state index is 0.162. The van der Waals surface area contributed by atoms with Gasteiger partial charge in [0.05, 0.1) is 0 Å². The summed E-state index contributed by atoms with van der Waals surface area (Å²) < 4.78 is 0. The average Bonchev–Trinajstić information content (AvgIpc) is 2.08. The summed E-state index contributed by atoms with van der Waals surface area (Å²) >= 11 is 7.75. The molecule has 2 N–H and O–H groups in total. The maximum absolute atomic E-state index is 6.03. The number of hydrogen-bond acceptors (Lipinski definition) is 2. The van der Waals surface area contributed by atoms with Crippen molar-refractivity contribution in [3.8, 4) is 0 Å². The molecule has 0 spiro atoms. The first-order chi connectivity index (χ1) is 6.13. The van der Waals surface area contributed by atoms with Crippen molar-refractivity contribution in [2.75, 3.05) is 6.26 Å². The highest BCUT2D eigenvalue weighted by atomic mass is 35.5. The molecule has 1 atom stereocenters. The van der Waals surface area contributed by atoms with E-state index in [-0.39, 0.29) is 6.04 Å². The third-order valence-corrected chi connectivity index (χ3v) is 2.89. The van der Waals surface area contributed by atoms with E-state index in [2.05, 4.69) is 12.3 Å². The summed E-state index contributed by atoms with van der Waals surface area (Å²) in [4.78, 5) is 1.24. The lowest BCUT2D eigenvalue weighted by atomic mass is 10.1. The number of thioether (sulfide) groups is 1. The summed E-state index contributed by atoms with van der Waals surface area (Å²) in [6.45, 7) is 1.99. The summed E-state index contributed by atoms with van der Waals surface area (Å²) in [5.74, 6) is 0. The molecule has 72 valence electrons. The quantitative estimate of drug-likeness (QED) is 0.785. The van der Waals surface area contributed by atoms with E-state index in [9.17, 15) is 0 Å². The van der Waals surface area contributed by atoms with Crippen LogP contribution in [0.1, 0.15) is 12.5 Å². The number of hydrogen-bond donors (Lipinski definition) is 1. The average molecular weight is 216 g/mol. The maximum Gasteiger partial charge on any atom is 0.0439 e. The molecule has 0 amide bonds. The van der Waals surface area contributed by atoms with Crippen LogP contribution in [-0.2, 0) is 6.42 Å². The van der Waals surface area contributed by atoms with Gasteiger partial charge in [-0.1, -0.05) is 11.6 Å². The molecule has 0 saturated carbocycles. The third-order valence-electron chi connectivity index (χ3n) is 1.79. The van der Waals surface area contributed by atoms with Crippen LogP contribution in [0.15, 0.2) is 23.1 Å². The fourth-order valence-electron chi connectivity index (χ4n) is 1.18. The van der Waals surface area contributed by atoms with Crippen molar-refractivity contribution in [1.29, 1.82) is 0 Å². The van der Waals surface area contributed by atoms with Crippen LogP contribution >= 0.6 is 23.4 Å². The summed E-state index contributed by atoms with van der Waals surface area (Å²) in [6.07, 6.45) is 2.89. The molecule has 1 aromatic carbocycles. The molecule has 0 aliphatic heterocycles. The standard InChI is InChI=1S/C10H14ClNS/c1-7(12)5-8-6-9(13-2)3-4-10(8)11/h3-4,6-7H,5,12H2,1-2H3. The lowest BCUT2D eigenvalue weighted by Gasteiger charge is -2.08. The van der Waals surface area contributed by atoms with E-state index in [0.29, 0.717) is 0 Å². The molecule has 0 radical (unpaired) electrons. The topological polar surface area (TPSA) is 26.0 Å². The van der Waals surface area contributed by atoms with Crippen molar-refractivity contribution in [2.24, 2.45) is 5.73 Å². The minimum Gasteiger partial charge on any atom is -0.328 e. The SMILES string of the molecule is CSc1ccc(Cl)c(CC(C)N)c1. The molecule has 0 aliphatic rings. The fourth-order valence-corrected chi connectivity index (χ4v) is 1.84. The zero-order chi connectivity index (χ0) is 9.84. The Balaban J connectivity index is 2.90. The second-order valence-corrected chi connectivity index (χ2v) is 4.43. The predicted molar refractivity (Wildman–Crippen MR) is 60.6 cm³/mol. The van der Waals surface area contributed by atoms with Crippen LogP contribution in [0, 0.1) is 0 Å². The first kappa shape index (κ1) is 10.9. The summed E-state index contributed by atoms with van der Waals surface area (Å²) in [6, 6.07) is 6.23. The van der Waals surface area contributed by atoms with E-state index >= 15 is 0 Å². The van der Waals surface area contributed by atoms with Crippen molar-refractivity contribution in [1.82, 2.24) is 0 Å². The van der Waals surface area contributed by atoms with Gasteiger partial charge in [0, 0.05) is 16.0 Å². The molecule has 0 fully saturated rings. The van der Waals surface area contributed by atoms with Crippen molar-refractivity contribution in [3.63, 3.8) is 0 Å². The van der Waals surface area contributed by atoms with Gasteiger partial charge in [-0.2, -0.15) is 0 Å². The van der Waals surface area contributed by atoms with Crippen molar-refractivity contribution in [3.05, 3.63) is 28.8 Å². The van der Waals surface area contributed by atoms with Crippen molar-refractivity contribution < 1.29 is 0 Å². The molecule has 1 nitrogen and oxygen atoms in total. The number of halogens is 1. The number of nitrogens with two attached hydrogens (primary N) is 1. The van der Waals surface area contributed by atoms with Crippen LogP contribution in [0.5, 0.6) is 0 Å². The third kappa shape index (κ3) is 3.22. The number of rotatable bonds is 3. The summed E-state index contributed by atoms with van der Waals surface area (Å²) in [5, 5.41) is 0.815. The Morgan fingerprint density at radius 1 is 1.54 bits per heavy atom. The summed E-state index contributed by atoms with van der Waals surface area (Å²) in [7, 11) is 0. The Kier molecular flexibility index (Phi) is 4.10. The Bertz CT molecular complexity index is 286. The first-order valence-electron chi connectivity index (χ1n) is 4.21. The highest BCUT2D eigenvalue weighted by Gasteiger charge is 2.03. The molecule has 1 unspecified atom stereocenters. The highest BCUT2D eigenvalue weighted by molar-refractivity contribution is 7.98. The van der Waals surface area contributed by atoms with E-state index < -0.39 is 0 Å². The normalized spacial score (nSPS) is 12.9. The van der Waals surface area contributed by atoms with Crippen molar-refractivity contribution in [2.45, 2.75) is 24.3 Å². The van der Waals surface area contributed by atoms with Gasteiger partial charge in [0.15, 0.2) is 0 Å². The lowest BCUT2D eigenvalue weighted by Crippen LogP contribution is -2.17. The molecule has 1 rings (SSSR count). The van der Waals surface area contributed by atoms with Gasteiger partial charge in [0.1, 0.15) is 0 Å². The predicted octanol–water partition coefficient (Wildman–Crippen LogP) is 2.95. The smallest absolute Gasteiger partial charge is 0.0439 e. The van der Waals surface area contributed by atoms with Crippen LogP contribution in [-0.4, -0.2) is 12.3 Å². The largest absolute Gasteiger partial charge is 0.328 e. The van der Waals surface area contributed by atoms with Crippen LogP contribution in [0.3, 0.4) is 0 Å². The molecular formula is C10H14ClNS. The van der Waals surface area contributed by atoms with Crippen LogP contribution in [0.4, 0.5) is 0 Å². The first-order valence-corrected chi connectivity index (χ1v) is 5.81. The van der Waals surface area contributed by atoms with Crippen molar-refractivity contribution >= 4 is 23.4 Å². The summed E-state index contributed by atoms with van der Waals surface area (Å²) in [5.41, 5.74) is 6.86. The second-order valence-electron chi connectivity index (χ2n) is 3.14. The number of benzene rings is 1. The van der Waals surface area contributed by atoms with E-state index in [4.69, 9.17) is 17.3 Å². The van der Waals surface area contributed by atoms with Gasteiger partial charge in [-0.25, -0.2) is 0 Å². The van der Waals surface area contributed by atoms with Crippen LogP contribution in [0.25, 0.3) is 0 Å². The molecule has 0 aliphatic carbocycles. The Morgan fingerprint density at radius 3 is 2.77 bits per heavy atom. The van der Waals surface area contributed by atoms with E-state index in [1.54, 1.807) is 11.8 Å². The van der Waals surface area contributed by atoms with E-state index in [1.165, 1.54) is 4.90 Å². The molecule has 1 aromatic rings. The van der Waals surface area contributed by atoms with Gasteiger partial charge in [0.2, 0.25) is 0 Å². The molecule has 3 heteroatoms. The highest BCUT2D eigenvalue weighted by Crippen LogP contribution is 2.23. The van der Waals surface area contributed by atoms with Gasteiger partial charge in [-0.15, -0.1) is 11.8 Å². The van der Waals surface area contributed by atoms with Gasteiger partial charge in [-0.05, 0) is 43.4 Å². The molecule has 0 heterocycles. The lowest BCUT2D eigenvalue weighted by molar-refractivity contribution is 0.737. The molecule has 0 aromatic heterocycles. The Hall–Kier alpha value is -0.180. The second kappa shape index (κ2) is 4.89.